The van der Waals surface area contributed by atoms with E-state index < -0.39 is 5.41 Å². The Morgan fingerprint density at radius 2 is 1.80 bits per heavy atom. The molecule has 0 unspecified atom stereocenters. The van der Waals surface area contributed by atoms with E-state index in [1.54, 1.807) is 12.2 Å². The maximum absolute atomic E-state index is 7.09. The normalized spacial score (nSPS) is 11.3. The molecule has 0 bridgehead atoms. The van der Waals surface area contributed by atoms with E-state index >= 15 is 0 Å². The molecule has 0 spiro atoms. The highest BCUT2D eigenvalue weighted by Crippen LogP contribution is 2.18. The van der Waals surface area contributed by atoms with Crippen LogP contribution >= 0.6 is 0 Å². The molecule has 10 heavy (non-hydrogen) atoms. The second kappa shape index (κ2) is 3.83. The Morgan fingerprint density at radius 1 is 1.30 bits per heavy atom. The Hall–Kier alpha value is -1.11. The SMILES string of the molecule is C=CC(C=C)(C=N)/C=C/C. The van der Waals surface area contributed by atoms with Crippen LogP contribution in [0.2, 0.25) is 0 Å². The fraction of sp³-hybridized carbons (Fsp3) is 0.222. The molecule has 0 aliphatic heterocycles. The molecule has 0 rings (SSSR count). The van der Waals surface area contributed by atoms with Crippen LogP contribution in [0.1, 0.15) is 6.92 Å². The van der Waals surface area contributed by atoms with Gasteiger partial charge >= 0.3 is 0 Å². The molecule has 0 atom stereocenters. The van der Waals surface area contributed by atoms with Gasteiger partial charge in [0.2, 0.25) is 0 Å². The van der Waals surface area contributed by atoms with E-state index in [9.17, 15) is 0 Å². The van der Waals surface area contributed by atoms with Crippen molar-refractivity contribution in [2.24, 2.45) is 5.41 Å². The Labute approximate surface area is 62.3 Å². The largest absolute Gasteiger partial charge is 0.312 e. The van der Waals surface area contributed by atoms with Gasteiger partial charge in [-0.1, -0.05) is 24.3 Å². The van der Waals surface area contributed by atoms with E-state index in [1.165, 1.54) is 6.21 Å². The minimum Gasteiger partial charge on any atom is -0.312 e. The second-order valence-corrected chi connectivity index (χ2v) is 2.05. The topological polar surface area (TPSA) is 23.9 Å². The van der Waals surface area contributed by atoms with Crippen molar-refractivity contribution in [1.82, 2.24) is 0 Å². The monoisotopic (exact) mass is 135 g/mol. The molecule has 0 radical (unpaired) electrons. The van der Waals surface area contributed by atoms with Gasteiger partial charge in [0.25, 0.3) is 0 Å². The molecule has 1 heteroatoms. The van der Waals surface area contributed by atoms with Gasteiger partial charge in [0, 0.05) is 6.21 Å². The van der Waals surface area contributed by atoms with Crippen molar-refractivity contribution in [2.75, 3.05) is 0 Å². The first-order chi connectivity index (χ1) is 4.74. The molecule has 0 aliphatic carbocycles. The first-order valence-electron chi connectivity index (χ1n) is 3.17. The van der Waals surface area contributed by atoms with Crippen LogP contribution in [0.15, 0.2) is 37.5 Å². The summed E-state index contributed by atoms with van der Waals surface area (Å²) in [5, 5.41) is 7.09. The fourth-order valence-corrected chi connectivity index (χ4v) is 0.674. The Bertz CT molecular complexity index is 144. The average Bonchev–Trinajstić information content (AvgIpc) is 2.01. The van der Waals surface area contributed by atoms with Crippen LogP contribution in [-0.4, -0.2) is 6.21 Å². The van der Waals surface area contributed by atoms with Crippen LogP contribution in [0.3, 0.4) is 0 Å². The van der Waals surface area contributed by atoms with Gasteiger partial charge in [-0.05, 0) is 6.92 Å². The number of hydrogen-bond acceptors (Lipinski definition) is 1. The molecule has 1 nitrogen and oxygen atoms in total. The molecule has 0 aromatic carbocycles. The third-order valence-corrected chi connectivity index (χ3v) is 1.41. The van der Waals surface area contributed by atoms with Crippen molar-refractivity contribution in [3.63, 3.8) is 0 Å². The van der Waals surface area contributed by atoms with Gasteiger partial charge < -0.3 is 5.41 Å². The van der Waals surface area contributed by atoms with Crippen molar-refractivity contribution in [2.45, 2.75) is 6.92 Å². The molecule has 1 N–H and O–H groups in total. The molecular formula is C9H13N. The molecule has 0 aromatic rings. The summed E-state index contributed by atoms with van der Waals surface area (Å²) < 4.78 is 0. The first-order valence-corrected chi connectivity index (χ1v) is 3.17. The van der Waals surface area contributed by atoms with Crippen molar-refractivity contribution < 1.29 is 0 Å². The van der Waals surface area contributed by atoms with E-state index in [0.717, 1.165) is 0 Å². The van der Waals surface area contributed by atoms with Crippen molar-refractivity contribution in [3.8, 4) is 0 Å². The number of nitrogens with one attached hydrogen (secondary N) is 1. The maximum atomic E-state index is 7.09. The van der Waals surface area contributed by atoms with E-state index in [2.05, 4.69) is 13.2 Å². The molecule has 0 saturated heterocycles. The maximum Gasteiger partial charge on any atom is 0.0584 e. The first kappa shape index (κ1) is 8.89. The molecular weight excluding hydrogens is 122 g/mol. The van der Waals surface area contributed by atoms with Gasteiger partial charge in [-0.3, -0.25) is 0 Å². The highest BCUT2D eigenvalue weighted by molar-refractivity contribution is 5.71. The van der Waals surface area contributed by atoms with Gasteiger partial charge in [-0.2, -0.15) is 0 Å². The number of allylic oxidation sites excluding steroid dienone is 4. The van der Waals surface area contributed by atoms with Gasteiger partial charge in [-0.25, -0.2) is 0 Å². The minimum absolute atomic E-state index is 0.436. The Balaban J connectivity index is 4.62. The Kier molecular flexibility index (Phi) is 3.40. The average molecular weight is 135 g/mol. The van der Waals surface area contributed by atoms with E-state index in [1.807, 2.05) is 19.1 Å². The van der Waals surface area contributed by atoms with Gasteiger partial charge in [0.15, 0.2) is 0 Å². The fourth-order valence-electron chi connectivity index (χ4n) is 0.674. The summed E-state index contributed by atoms with van der Waals surface area (Å²) in [6.45, 7) is 9.15. The Morgan fingerprint density at radius 3 is 1.90 bits per heavy atom. The lowest BCUT2D eigenvalue weighted by Gasteiger charge is -2.14. The van der Waals surface area contributed by atoms with Gasteiger partial charge in [0.1, 0.15) is 0 Å². The van der Waals surface area contributed by atoms with Crippen molar-refractivity contribution >= 4 is 6.21 Å². The second-order valence-electron chi connectivity index (χ2n) is 2.05. The van der Waals surface area contributed by atoms with Gasteiger partial charge in [-0.15, -0.1) is 13.2 Å². The smallest absolute Gasteiger partial charge is 0.0584 e. The molecule has 0 saturated carbocycles. The minimum atomic E-state index is -0.436. The third kappa shape index (κ3) is 1.69. The third-order valence-electron chi connectivity index (χ3n) is 1.41. The summed E-state index contributed by atoms with van der Waals surface area (Å²) >= 11 is 0. The number of rotatable bonds is 4. The van der Waals surface area contributed by atoms with E-state index in [-0.39, 0.29) is 0 Å². The van der Waals surface area contributed by atoms with Crippen molar-refractivity contribution in [1.29, 1.82) is 5.41 Å². The predicted molar refractivity (Wildman–Crippen MR) is 46.4 cm³/mol. The molecule has 0 aromatic heterocycles. The lowest BCUT2D eigenvalue weighted by molar-refractivity contribution is 0.901. The lowest BCUT2D eigenvalue weighted by Crippen LogP contribution is -2.11. The molecule has 0 heterocycles. The molecule has 0 aliphatic rings. The standard InChI is InChI=1S/C9H13N/c1-4-7-9(5-2,6-3)8-10/h4-8,10H,2-3H2,1H3/b7-4+,10-8?. The van der Waals surface area contributed by atoms with Crippen LogP contribution in [-0.2, 0) is 0 Å². The summed E-state index contributed by atoms with van der Waals surface area (Å²) in [5.74, 6) is 0. The zero-order chi connectivity index (χ0) is 8.04. The summed E-state index contributed by atoms with van der Waals surface area (Å²) in [6.07, 6.45) is 8.45. The van der Waals surface area contributed by atoms with E-state index in [0.29, 0.717) is 0 Å². The van der Waals surface area contributed by atoms with Crippen LogP contribution in [0.4, 0.5) is 0 Å². The van der Waals surface area contributed by atoms with Crippen molar-refractivity contribution in [3.05, 3.63) is 37.5 Å². The van der Waals surface area contributed by atoms with E-state index in [4.69, 9.17) is 5.41 Å². The summed E-state index contributed by atoms with van der Waals surface area (Å²) in [6, 6.07) is 0. The zero-order valence-electron chi connectivity index (χ0n) is 6.30. The van der Waals surface area contributed by atoms with Crippen LogP contribution in [0, 0.1) is 10.8 Å². The molecule has 0 fully saturated rings. The number of hydrogen-bond donors (Lipinski definition) is 1. The van der Waals surface area contributed by atoms with Crippen LogP contribution in [0.5, 0.6) is 0 Å². The lowest BCUT2D eigenvalue weighted by atomic mass is 9.90. The highest BCUT2D eigenvalue weighted by Gasteiger charge is 2.13. The summed E-state index contributed by atoms with van der Waals surface area (Å²) in [4.78, 5) is 0. The zero-order valence-corrected chi connectivity index (χ0v) is 6.30. The predicted octanol–water partition coefficient (Wildman–Crippen LogP) is 2.57. The quantitative estimate of drug-likeness (QED) is 0.452. The van der Waals surface area contributed by atoms with Gasteiger partial charge in [0.05, 0.1) is 5.41 Å². The highest BCUT2D eigenvalue weighted by atomic mass is 14.4. The molecule has 54 valence electrons. The summed E-state index contributed by atoms with van der Waals surface area (Å²) in [7, 11) is 0. The molecule has 0 amide bonds. The van der Waals surface area contributed by atoms with Crippen LogP contribution < -0.4 is 0 Å². The summed E-state index contributed by atoms with van der Waals surface area (Å²) in [5.41, 5.74) is -0.436. The van der Waals surface area contributed by atoms with Crippen LogP contribution in [0.25, 0.3) is 0 Å².